The number of aromatic nitrogens is 1. The third-order valence-electron chi connectivity index (χ3n) is 6.29. The van der Waals surface area contributed by atoms with E-state index in [2.05, 4.69) is 20.5 Å². The molecule has 0 bridgehead atoms. The van der Waals surface area contributed by atoms with Gasteiger partial charge in [0.25, 0.3) is 12.4 Å². The quantitative estimate of drug-likeness (QED) is 0.458. The first-order valence-electron chi connectivity index (χ1n) is 11.2. The lowest BCUT2D eigenvalue weighted by atomic mass is 10.1. The van der Waals surface area contributed by atoms with E-state index in [1.165, 1.54) is 12.8 Å². The summed E-state index contributed by atoms with van der Waals surface area (Å²) in [4.78, 5) is 38.6. The summed E-state index contributed by atoms with van der Waals surface area (Å²) in [6.45, 7) is 2.93. The Hall–Kier alpha value is -2.39. The van der Waals surface area contributed by atoms with Gasteiger partial charge in [0, 0.05) is 57.0 Å². The average molecular weight is 435 g/mol. The molecule has 4 N–H and O–H groups in total. The molecule has 1 aromatic rings. The van der Waals surface area contributed by atoms with E-state index >= 15 is 0 Å². The van der Waals surface area contributed by atoms with Crippen molar-refractivity contribution in [3.8, 4) is 0 Å². The van der Waals surface area contributed by atoms with Crippen molar-refractivity contribution in [2.75, 3.05) is 26.3 Å². The summed E-state index contributed by atoms with van der Waals surface area (Å²) in [7, 11) is 0. The van der Waals surface area contributed by atoms with Gasteiger partial charge < -0.3 is 25.5 Å². The molecule has 1 aliphatic carbocycles. The molecule has 2 atom stereocenters. The van der Waals surface area contributed by atoms with E-state index in [-0.39, 0.29) is 30.4 Å². The van der Waals surface area contributed by atoms with Gasteiger partial charge in [-0.15, -0.1) is 0 Å². The molecule has 4 rings (SSSR count). The van der Waals surface area contributed by atoms with Gasteiger partial charge in [-0.05, 0) is 56.6 Å². The van der Waals surface area contributed by atoms with Crippen molar-refractivity contribution in [1.82, 2.24) is 20.5 Å². The minimum Gasteiger partial charge on any atom is -0.483 e. The Labute approximate surface area is 182 Å². The first-order chi connectivity index (χ1) is 15.1. The van der Waals surface area contributed by atoms with Crippen LogP contribution < -0.4 is 10.6 Å². The molecule has 0 radical (unpaired) electrons. The fourth-order valence-electron chi connectivity index (χ4n) is 4.47. The second kappa shape index (κ2) is 11.9. The largest absolute Gasteiger partial charge is 0.483 e. The number of carbonyl (C=O) groups is 3. The van der Waals surface area contributed by atoms with Crippen LogP contribution in [-0.2, 0) is 14.3 Å². The molecule has 2 saturated heterocycles. The second-order valence-corrected chi connectivity index (χ2v) is 8.58. The van der Waals surface area contributed by atoms with Crippen molar-refractivity contribution in [2.45, 2.75) is 63.1 Å². The van der Waals surface area contributed by atoms with E-state index in [0.29, 0.717) is 24.7 Å². The van der Waals surface area contributed by atoms with Crippen molar-refractivity contribution < 1.29 is 24.2 Å². The minimum absolute atomic E-state index is 0.0583. The lowest BCUT2D eigenvalue weighted by molar-refractivity contribution is -0.124. The van der Waals surface area contributed by atoms with Gasteiger partial charge in [0.05, 0.1) is 0 Å². The smallest absolute Gasteiger partial charge is 0.290 e. The molecule has 2 amide bonds. The van der Waals surface area contributed by atoms with Crippen molar-refractivity contribution >= 4 is 18.3 Å². The van der Waals surface area contributed by atoms with Gasteiger partial charge in [0.15, 0.2) is 0 Å². The maximum absolute atomic E-state index is 12.6. The molecule has 0 unspecified atom stereocenters. The summed E-state index contributed by atoms with van der Waals surface area (Å²) < 4.78 is 5.37. The number of hydrogen-bond acceptors (Lipinski definition) is 5. The van der Waals surface area contributed by atoms with Crippen LogP contribution in [0.3, 0.4) is 0 Å². The van der Waals surface area contributed by atoms with Gasteiger partial charge in [-0.3, -0.25) is 19.3 Å². The van der Waals surface area contributed by atoms with Gasteiger partial charge in [-0.25, -0.2) is 0 Å². The van der Waals surface area contributed by atoms with Crippen LogP contribution in [0, 0.1) is 5.92 Å². The number of H-pyrrole nitrogens is 1. The number of ether oxygens (including phenoxy) is 1. The molecule has 3 heterocycles. The molecule has 9 heteroatoms. The third-order valence-corrected chi connectivity index (χ3v) is 6.29. The summed E-state index contributed by atoms with van der Waals surface area (Å²) in [5.41, 5.74) is 0.596. The molecular weight excluding hydrogens is 400 g/mol. The molecule has 2 aliphatic heterocycles. The van der Waals surface area contributed by atoms with Crippen molar-refractivity contribution in [3.63, 3.8) is 0 Å². The van der Waals surface area contributed by atoms with Crippen LogP contribution >= 0.6 is 0 Å². The first kappa shape index (κ1) is 23.3. The van der Waals surface area contributed by atoms with E-state index in [1.807, 2.05) is 6.07 Å². The Bertz CT molecular complexity index is 701. The Morgan fingerprint density at radius 2 is 1.87 bits per heavy atom. The molecule has 31 heavy (non-hydrogen) atoms. The second-order valence-electron chi connectivity index (χ2n) is 8.58. The highest BCUT2D eigenvalue weighted by atomic mass is 16.5. The Morgan fingerprint density at radius 3 is 2.52 bits per heavy atom. The predicted molar refractivity (Wildman–Crippen MR) is 115 cm³/mol. The Balaban J connectivity index is 0.000000858. The molecule has 9 nitrogen and oxygen atoms in total. The standard InChI is InChI=1S/C21H32N4O3.CH2O2/c26-20(24-16-7-10-28-11-8-16)12-17-5-6-18(25(17)14-15-3-4-15)13-23-21(27)19-2-1-9-22-19;2-1-3/h1-2,9,15-18,22H,3-8,10-14H2,(H,23,27)(H,24,26);1H,(H,2,3)/t17-,18+;/m1./s1. The molecule has 3 fully saturated rings. The zero-order chi connectivity index (χ0) is 22.1. The number of amides is 2. The van der Waals surface area contributed by atoms with Crippen LogP contribution in [0.15, 0.2) is 18.3 Å². The minimum atomic E-state index is -0.250. The lowest BCUT2D eigenvalue weighted by Gasteiger charge is -2.31. The molecule has 0 spiro atoms. The maximum atomic E-state index is 12.6. The van der Waals surface area contributed by atoms with Crippen LogP contribution in [0.5, 0.6) is 0 Å². The first-order valence-corrected chi connectivity index (χ1v) is 11.2. The van der Waals surface area contributed by atoms with E-state index in [1.54, 1.807) is 12.3 Å². The topological polar surface area (TPSA) is 124 Å². The average Bonchev–Trinajstić information content (AvgIpc) is 3.26. The SMILES string of the molecule is O=C(C[C@H]1CC[C@@H](CNC(=O)c2ccc[nH]2)N1CC1CC1)NC1CCOCC1.O=CO. The number of rotatable bonds is 8. The fraction of sp³-hybridized carbons (Fsp3) is 0.682. The molecule has 0 aromatic carbocycles. The van der Waals surface area contributed by atoms with Gasteiger partial charge in [0.1, 0.15) is 5.69 Å². The highest BCUT2D eigenvalue weighted by Crippen LogP contribution is 2.35. The predicted octanol–water partition coefficient (Wildman–Crippen LogP) is 1.37. The molecular formula is C22H34N4O5. The van der Waals surface area contributed by atoms with Crippen LogP contribution in [0.2, 0.25) is 0 Å². The monoisotopic (exact) mass is 434 g/mol. The molecule has 172 valence electrons. The summed E-state index contributed by atoms with van der Waals surface area (Å²) in [5, 5.41) is 13.2. The Kier molecular flexibility index (Phi) is 8.90. The van der Waals surface area contributed by atoms with Gasteiger partial charge in [0.2, 0.25) is 5.91 Å². The van der Waals surface area contributed by atoms with Crippen LogP contribution in [0.4, 0.5) is 0 Å². The number of carbonyl (C=O) groups excluding carboxylic acids is 2. The summed E-state index contributed by atoms with van der Waals surface area (Å²) in [6, 6.07) is 4.48. The normalized spacial score (nSPS) is 24.1. The zero-order valence-electron chi connectivity index (χ0n) is 17.9. The van der Waals surface area contributed by atoms with Crippen molar-refractivity contribution in [1.29, 1.82) is 0 Å². The van der Waals surface area contributed by atoms with Crippen molar-refractivity contribution in [3.05, 3.63) is 24.0 Å². The zero-order valence-corrected chi connectivity index (χ0v) is 17.9. The number of aromatic amines is 1. The number of nitrogens with one attached hydrogen (secondary N) is 3. The van der Waals surface area contributed by atoms with E-state index in [0.717, 1.165) is 51.4 Å². The molecule has 3 aliphatic rings. The van der Waals surface area contributed by atoms with Crippen LogP contribution in [-0.4, -0.2) is 77.7 Å². The van der Waals surface area contributed by atoms with Gasteiger partial charge in [-0.1, -0.05) is 0 Å². The molecule has 1 aromatic heterocycles. The Morgan fingerprint density at radius 1 is 1.16 bits per heavy atom. The van der Waals surface area contributed by atoms with E-state index < -0.39 is 0 Å². The van der Waals surface area contributed by atoms with Gasteiger partial charge in [-0.2, -0.15) is 0 Å². The summed E-state index contributed by atoms with van der Waals surface area (Å²) in [6.07, 6.45) is 8.79. The number of nitrogens with zero attached hydrogens (tertiary/aromatic N) is 1. The highest BCUT2D eigenvalue weighted by Gasteiger charge is 2.38. The maximum Gasteiger partial charge on any atom is 0.290 e. The van der Waals surface area contributed by atoms with Crippen LogP contribution in [0.1, 0.15) is 55.4 Å². The highest BCUT2D eigenvalue weighted by molar-refractivity contribution is 5.92. The van der Waals surface area contributed by atoms with E-state index in [9.17, 15) is 9.59 Å². The van der Waals surface area contributed by atoms with E-state index in [4.69, 9.17) is 14.6 Å². The number of carboxylic acid groups (broad SMARTS) is 1. The third kappa shape index (κ3) is 7.36. The summed E-state index contributed by atoms with van der Waals surface area (Å²) in [5.74, 6) is 0.867. The van der Waals surface area contributed by atoms with Crippen LogP contribution in [0.25, 0.3) is 0 Å². The van der Waals surface area contributed by atoms with Gasteiger partial charge >= 0.3 is 0 Å². The lowest BCUT2D eigenvalue weighted by Crippen LogP contribution is -2.46. The fourth-order valence-corrected chi connectivity index (χ4v) is 4.47. The number of hydrogen-bond donors (Lipinski definition) is 4. The molecule has 1 saturated carbocycles. The van der Waals surface area contributed by atoms with Crippen molar-refractivity contribution in [2.24, 2.45) is 5.92 Å². The summed E-state index contributed by atoms with van der Waals surface area (Å²) >= 11 is 0. The number of likely N-dealkylation sites (tertiary alicyclic amines) is 1.